The van der Waals surface area contributed by atoms with Crippen molar-refractivity contribution in [3.05, 3.63) is 47.3 Å². The van der Waals surface area contributed by atoms with E-state index in [0.29, 0.717) is 18.2 Å². The zero-order chi connectivity index (χ0) is 16.1. The van der Waals surface area contributed by atoms with Gasteiger partial charge in [-0.3, -0.25) is 0 Å². The van der Waals surface area contributed by atoms with E-state index in [4.69, 9.17) is 9.84 Å². The van der Waals surface area contributed by atoms with Crippen molar-refractivity contribution in [2.75, 3.05) is 12.4 Å². The first-order valence-corrected chi connectivity index (χ1v) is 6.99. The van der Waals surface area contributed by atoms with Gasteiger partial charge in [0.05, 0.1) is 18.4 Å². The Morgan fingerprint density at radius 1 is 1.36 bits per heavy atom. The normalized spacial score (nSPS) is 10.5. The van der Waals surface area contributed by atoms with Crippen LogP contribution in [0.3, 0.4) is 0 Å². The van der Waals surface area contributed by atoms with Gasteiger partial charge in [-0.1, -0.05) is 32.0 Å². The summed E-state index contributed by atoms with van der Waals surface area (Å²) in [5.74, 6) is 0.168. The van der Waals surface area contributed by atoms with Gasteiger partial charge in [-0.2, -0.15) is 0 Å². The Kier molecular flexibility index (Phi) is 4.93. The van der Waals surface area contributed by atoms with Crippen molar-refractivity contribution in [2.24, 2.45) is 0 Å². The van der Waals surface area contributed by atoms with Crippen molar-refractivity contribution < 1.29 is 14.6 Å². The first-order chi connectivity index (χ1) is 10.5. The van der Waals surface area contributed by atoms with Crippen molar-refractivity contribution in [3.63, 3.8) is 0 Å². The van der Waals surface area contributed by atoms with E-state index in [0.717, 1.165) is 11.3 Å². The van der Waals surface area contributed by atoms with E-state index in [1.54, 1.807) is 7.11 Å². The van der Waals surface area contributed by atoms with Crippen LogP contribution in [0.2, 0.25) is 0 Å². The Bertz CT molecular complexity index is 671. The molecule has 0 aliphatic heterocycles. The number of carboxylic acids is 1. The number of nitrogens with zero attached hydrogens (tertiary/aromatic N) is 2. The molecule has 0 fully saturated rings. The number of nitrogens with one attached hydrogen (secondary N) is 1. The molecule has 2 aromatic rings. The SMILES string of the molecule is COc1ccccc1CNc1ncc(C(=O)O)c(C(C)C)n1. The molecule has 6 nitrogen and oxygen atoms in total. The third-order valence-corrected chi connectivity index (χ3v) is 3.22. The molecule has 0 amide bonds. The van der Waals surface area contributed by atoms with Crippen LogP contribution in [-0.2, 0) is 6.54 Å². The summed E-state index contributed by atoms with van der Waals surface area (Å²) in [6, 6.07) is 7.65. The lowest BCUT2D eigenvalue weighted by molar-refractivity contribution is 0.0694. The monoisotopic (exact) mass is 301 g/mol. The first kappa shape index (κ1) is 15.8. The fourth-order valence-electron chi connectivity index (χ4n) is 2.11. The van der Waals surface area contributed by atoms with Gasteiger partial charge in [0.1, 0.15) is 5.75 Å². The molecule has 6 heteroatoms. The summed E-state index contributed by atoms with van der Waals surface area (Å²) in [5, 5.41) is 12.3. The maximum absolute atomic E-state index is 11.2. The van der Waals surface area contributed by atoms with Gasteiger partial charge in [-0.05, 0) is 12.0 Å². The lowest BCUT2D eigenvalue weighted by Gasteiger charge is -2.12. The Morgan fingerprint density at radius 2 is 2.09 bits per heavy atom. The van der Waals surface area contributed by atoms with E-state index in [1.165, 1.54) is 6.20 Å². The Morgan fingerprint density at radius 3 is 2.73 bits per heavy atom. The number of aromatic carboxylic acids is 1. The smallest absolute Gasteiger partial charge is 0.339 e. The third-order valence-electron chi connectivity index (χ3n) is 3.22. The summed E-state index contributed by atoms with van der Waals surface area (Å²) in [6.45, 7) is 4.30. The highest BCUT2D eigenvalue weighted by Crippen LogP contribution is 2.20. The first-order valence-electron chi connectivity index (χ1n) is 6.99. The molecule has 0 unspecified atom stereocenters. The summed E-state index contributed by atoms with van der Waals surface area (Å²) in [6.07, 6.45) is 1.34. The van der Waals surface area contributed by atoms with Crippen molar-refractivity contribution >= 4 is 11.9 Å². The van der Waals surface area contributed by atoms with Crippen LogP contribution in [0.1, 0.15) is 41.4 Å². The fourth-order valence-corrected chi connectivity index (χ4v) is 2.11. The molecule has 0 spiro atoms. The maximum Gasteiger partial charge on any atom is 0.339 e. The zero-order valence-corrected chi connectivity index (χ0v) is 12.8. The summed E-state index contributed by atoms with van der Waals surface area (Å²) in [4.78, 5) is 19.6. The summed E-state index contributed by atoms with van der Waals surface area (Å²) < 4.78 is 5.29. The van der Waals surface area contributed by atoms with Gasteiger partial charge < -0.3 is 15.2 Å². The number of rotatable bonds is 6. The van der Waals surface area contributed by atoms with Crippen LogP contribution in [0.4, 0.5) is 5.95 Å². The van der Waals surface area contributed by atoms with Crippen molar-refractivity contribution in [2.45, 2.75) is 26.3 Å². The summed E-state index contributed by atoms with van der Waals surface area (Å²) >= 11 is 0. The Balaban J connectivity index is 2.20. The predicted octanol–water partition coefficient (Wildman–Crippen LogP) is 2.92. The van der Waals surface area contributed by atoms with Crippen LogP contribution in [0.15, 0.2) is 30.5 Å². The minimum absolute atomic E-state index is 0.000844. The van der Waals surface area contributed by atoms with E-state index in [2.05, 4.69) is 15.3 Å². The van der Waals surface area contributed by atoms with E-state index >= 15 is 0 Å². The molecule has 2 rings (SSSR count). The number of carbonyl (C=O) groups is 1. The van der Waals surface area contributed by atoms with Crippen molar-refractivity contribution in [1.29, 1.82) is 0 Å². The highest BCUT2D eigenvalue weighted by molar-refractivity contribution is 5.88. The lowest BCUT2D eigenvalue weighted by atomic mass is 10.1. The van der Waals surface area contributed by atoms with Gasteiger partial charge in [0.2, 0.25) is 5.95 Å². The van der Waals surface area contributed by atoms with Gasteiger partial charge in [0, 0.05) is 18.3 Å². The maximum atomic E-state index is 11.2. The minimum atomic E-state index is -1.01. The fraction of sp³-hybridized carbons (Fsp3) is 0.312. The molecule has 0 radical (unpaired) electrons. The molecule has 1 aromatic carbocycles. The van der Waals surface area contributed by atoms with Crippen LogP contribution < -0.4 is 10.1 Å². The molecule has 0 aliphatic rings. The standard InChI is InChI=1S/C16H19N3O3/c1-10(2)14-12(15(20)21)9-18-16(19-14)17-8-11-6-4-5-7-13(11)22-3/h4-7,9-10H,8H2,1-3H3,(H,20,21)(H,17,18,19). The molecule has 1 heterocycles. The van der Waals surface area contributed by atoms with Gasteiger partial charge in [0.15, 0.2) is 0 Å². The Hall–Kier alpha value is -2.63. The quantitative estimate of drug-likeness (QED) is 0.853. The highest BCUT2D eigenvalue weighted by atomic mass is 16.5. The number of para-hydroxylation sites is 1. The zero-order valence-electron chi connectivity index (χ0n) is 12.8. The minimum Gasteiger partial charge on any atom is -0.496 e. The third kappa shape index (κ3) is 3.52. The van der Waals surface area contributed by atoms with Crippen LogP contribution in [0.25, 0.3) is 0 Å². The molecule has 0 saturated carbocycles. The number of hydrogen-bond acceptors (Lipinski definition) is 5. The number of ether oxygens (including phenoxy) is 1. The van der Waals surface area contributed by atoms with Crippen LogP contribution in [0.5, 0.6) is 5.75 Å². The van der Waals surface area contributed by atoms with Gasteiger partial charge in [-0.25, -0.2) is 14.8 Å². The molecule has 0 bridgehead atoms. The second kappa shape index (κ2) is 6.89. The summed E-state index contributed by atoms with van der Waals surface area (Å²) in [5.41, 5.74) is 1.63. The second-order valence-electron chi connectivity index (χ2n) is 5.12. The largest absolute Gasteiger partial charge is 0.496 e. The van der Waals surface area contributed by atoms with E-state index in [1.807, 2.05) is 38.1 Å². The van der Waals surface area contributed by atoms with Crippen LogP contribution in [0, 0.1) is 0 Å². The molecule has 22 heavy (non-hydrogen) atoms. The lowest BCUT2D eigenvalue weighted by Crippen LogP contribution is -2.11. The molecule has 0 saturated heterocycles. The number of anilines is 1. The molecule has 2 N–H and O–H groups in total. The molecule has 0 atom stereocenters. The van der Waals surface area contributed by atoms with E-state index < -0.39 is 5.97 Å². The van der Waals surface area contributed by atoms with Crippen molar-refractivity contribution in [1.82, 2.24) is 9.97 Å². The average Bonchev–Trinajstić information content (AvgIpc) is 2.52. The summed E-state index contributed by atoms with van der Waals surface area (Å²) in [7, 11) is 1.62. The highest BCUT2D eigenvalue weighted by Gasteiger charge is 2.16. The number of methoxy groups -OCH3 is 1. The molecular formula is C16H19N3O3. The van der Waals surface area contributed by atoms with Gasteiger partial charge >= 0.3 is 5.97 Å². The molecular weight excluding hydrogens is 282 g/mol. The van der Waals surface area contributed by atoms with Crippen LogP contribution >= 0.6 is 0 Å². The second-order valence-corrected chi connectivity index (χ2v) is 5.12. The average molecular weight is 301 g/mol. The van der Waals surface area contributed by atoms with Crippen LogP contribution in [-0.4, -0.2) is 28.2 Å². The number of carboxylic acid groups (broad SMARTS) is 1. The molecule has 116 valence electrons. The van der Waals surface area contributed by atoms with E-state index in [9.17, 15) is 4.79 Å². The number of aromatic nitrogens is 2. The topological polar surface area (TPSA) is 84.3 Å². The van der Waals surface area contributed by atoms with Crippen molar-refractivity contribution in [3.8, 4) is 5.75 Å². The number of benzene rings is 1. The number of hydrogen-bond donors (Lipinski definition) is 2. The molecule has 0 aliphatic carbocycles. The van der Waals surface area contributed by atoms with Gasteiger partial charge in [0.25, 0.3) is 0 Å². The van der Waals surface area contributed by atoms with Gasteiger partial charge in [-0.15, -0.1) is 0 Å². The molecule has 1 aromatic heterocycles. The van der Waals surface area contributed by atoms with E-state index in [-0.39, 0.29) is 11.5 Å². The Labute approximate surface area is 129 Å². The predicted molar refractivity (Wildman–Crippen MR) is 83.4 cm³/mol.